The van der Waals surface area contributed by atoms with Crippen LogP contribution in [0.15, 0.2) is 0 Å². The van der Waals surface area contributed by atoms with E-state index in [1.54, 1.807) is 0 Å². The van der Waals surface area contributed by atoms with Gasteiger partial charge in [-0.05, 0) is 52.1 Å². The van der Waals surface area contributed by atoms with Gasteiger partial charge >= 0.3 is 15.7 Å². The Hall–Kier alpha value is 0.846. The third-order valence-electron chi connectivity index (χ3n) is 3.38. The summed E-state index contributed by atoms with van der Waals surface area (Å²) in [5.41, 5.74) is 0. The highest BCUT2D eigenvalue weighted by Crippen LogP contribution is 2.14. The van der Waals surface area contributed by atoms with Crippen molar-refractivity contribution in [1.82, 2.24) is 7.43 Å². The summed E-state index contributed by atoms with van der Waals surface area (Å²) >= 11 is -0.146. The average Bonchev–Trinajstić information content (AvgIpc) is 2.22. The third-order valence-corrected chi connectivity index (χ3v) is 11.5. The van der Waals surface area contributed by atoms with Crippen molar-refractivity contribution in [2.75, 3.05) is 26.2 Å². The molecule has 0 aromatic heterocycles. The molecule has 1 fully saturated rings. The molecule has 1 saturated heterocycles. The minimum atomic E-state index is -1.30. The second kappa shape index (κ2) is 7.03. The minimum Gasteiger partial charge on any atom is -0.418 e. The number of nitrogens with zero attached hydrogens (tertiary/aromatic N) is 2. The van der Waals surface area contributed by atoms with Gasteiger partial charge in [-0.2, -0.15) is 0 Å². The van der Waals surface area contributed by atoms with Gasteiger partial charge in [-0.1, -0.05) is 19.6 Å². The van der Waals surface area contributed by atoms with E-state index in [9.17, 15) is 0 Å². The quantitative estimate of drug-likeness (QED) is 0.553. The Kier molecular flexibility index (Phi) is 6.60. The van der Waals surface area contributed by atoms with Crippen LogP contribution in [0.1, 0.15) is 12.8 Å². The Morgan fingerprint density at radius 3 is 2.28 bits per heavy atom. The summed E-state index contributed by atoms with van der Waals surface area (Å²) in [7, 11) is -2.34. The number of hydrogen-bond donors (Lipinski definition) is 0. The third kappa shape index (κ3) is 6.85. The van der Waals surface area contributed by atoms with E-state index < -0.39 is 16.6 Å². The van der Waals surface area contributed by atoms with E-state index in [1.165, 1.54) is 32.5 Å². The lowest BCUT2D eigenvalue weighted by Gasteiger charge is -2.42. The van der Waals surface area contributed by atoms with Crippen molar-refractivity contribution in [2.45, 2.75) is 52.1 Å². The van der Waals surface area contributed by atoms with Crippen LogP contribution >= 0.6 is 0 Å². The first-order valence-corrected chi connectivity index (χ1v) is 15.4. The smallest absolute Gasteiger partial charge is 0.418 e. The second-order valence-corrected chi connectivity index (χ2v) is 19.4. The zero-order valence-electron chi connectivity index (χ0n) is 13.3. The molecular weight excluding hydrogens is 271 g/mol. The van der Waals surface area contributed by atoms with E-state index in [4.69, 9.17) is 4.43 Å². The second-order valence-electron chi connectivity index (χ2n) is 7.36. The van der Waals surface area contributed by atoms with Crippen molar-refractivity contribution in [1.29, 1.82) is 0 Å². The first kappa shape index (κ1) is 16.9. The normalized spacial score (nSPS) is 19.9. The van der Waals surface area contributed by atoms with Gasteiger partial charge in [-0.25, -0.2) is 0 Å². The van der Waals surface area contributed by atoms with Crippen molar-refractivity contribution in [3.8, 4) is 0 Å². The molecule has 0 aromatic rings. The van der Waals surface area contributed by atoms with Gasteiger partial charge < -0.3 is 11.9 Å². The Bertz CT molecular complexity index is 253. The van der Waals surface area contributed by atoms with Crippen molar-refractivity contribution >= 4 is 32.2 Å². The van der Waals surface area contributed by atoms with Gasteiger partial charge in [0.25, 0.3) is 0 Å². The molecule has 0 unspecified atom stereocenters. The molecule has 0 N–H and O–H groups in total. The fourth-order valence-electron chi connectivity index (χ4n) is 2.26. The van der Waals surface area contributed by atoms with Crippen LogP contribution < -0.4 is 0 Å². The lowest BCUT2D eigenvalue weighted by molar-refractivity contribution is 0.272. The van der Waals surface area contributed by atoms with Crippen molar-refractivity contribution in [3.63, 3.8) is 0 Å². The summed E-state index contributed by atoms with van der Waals surface area (Å²) in [6.45, 7) is 19.2. The molecule has 0 aromatic carbocycles. The van der Waals surface area contributed by atoms with Crippen LogP contribution in [0.4, 0.5) is 0 Å². The van der Waals surface area contributed by atoms with Crippen LogP contribution in [0.3, 0.4) is 0 Å². The van der Waals surface area contributed by atoms with E-state index in [0.29, 0.717) is 0 Å². The Morgan fingerprint density at radius 1 is 1.06 bits per heavy atom. The molecule has 3 nitrogen and oxygen atoms in total. The zero-order valence-corrected chi connectivity index (χ0v) is 16.7. The summed E-state index contributed by atoms with van der Waals surface area (Å²) in [6.07, 6.45) is 2.59. The summed E-state index contributed by atoms with van der Waals surface area (Å²) in [6, 6.07) is 0. The van der Waals surface area contributed by atoms with E-state index in [1.807, 2.05) is 0 Å². The van der Waals surface area contributed by atoms with Crippen molar-refractivity contribution < 1.29 is 4.43 Å². The summed E-state index contributed by atoms with van der Waals surface area (Å²) in [5, 5.41) is 0. The highest BCUT2D eigenvalue weighted by molar-refractivity contribution is 6.78. The predicted molar refractivity (Wildman–Crippen MR) is 87.3 cm³/mol. The van der Waals surface area contributed by atoms with E-state index in [0.717, 1.165) is 6.61 Å². The van der Waals surface area contributed by atoms with E-state index in [-0.39, 0.29) is 15.7 Å². The van der Waals surface area contributed by atoms with Crippen LogP contribution in [-0.2, 0) is 4.43 Å². The van der Waals surface area contributed by atoms with Crippen LogP contribution in [0.5, 0.6) is 0 Å². The molecule has 1 rings (SSSR count). The van der Waals surface area contributed by atoms with Crippen molar-refractivity contribution in [2.24, 2.45) is 0 Å². The van der Waals surface area contributed by atoms with Gasteiger partial charge in [0, 0.05) is 6.61 Å². The molecule has 0 spiro atoms. The fourth-order valence-corrected chi connectivity index (χ4v) is 7.73. The molecule has 0 atom stereocenters. The van der Waals surface area contributed by atoms with Crippen LogP contribution in [0, 0.1) is 0 Å². The molecule has 0 bridgehead atoms. The van der Waals surface area contributed by atoms with Crippen molar-refractivity contribution in [3.05, 3.63) is 0 Å². The molecule has 106 valence electrons. The molecule has 0 radical (unpaired) electrons. The maximum atomic E-state index is 5.94. The summed E-state index contributed by atoms with van der Waals surface area (Å²) < 4.78 is 11.5. The molecule has 0 amide bonds. The van der Waals surface area contributed by atoms with Gasteiger partial charge in [0.05, 0.1) is 8.24 Å². The first-order valence-electron chi connectivity index (χ1n) is 7.30. The predicted octanol–water partition coefficient (Wildman–Crippen LogP) is 2.34. The minimum absolute atomic E-state index is 0.146. The van der Waals surface area contributed by atoms with Gasteiger partial charge in [-0.3, -0.25) is 0 Å². The van der Waals surface area contributed by atoms with E-state index in [2.05, 4.69) is 46.7 Å². The maximum Gasteiger partial charge on any atom is 0.455 e. The molecule has 0 saturated carbocycles. The van der Waals surface area contributed by atoms with Crippen LogP contribution in [0.25, 0.3) is 0 Å². The number of rotatable bonds is 6. The first-order chi connectivity index (χ1) is 8.18. The molecule has 1 heterocycles. The van der Waals surface area contributed by atoms with Gasteiger partial charge in [0.2, 0.25) is 0 Å². The number of hydrogen-bond acceptors (Lipinski definition) is 3. The monoisotopic (exact) mass is 302 g/mol. The largest absolute Gasteiger partial charge is 0.455 e. The van der Waals surface area contributed by atoms with Crippen LogP contribution in [-0.4, -0.2) is 65.9 Å². The zero-order chi connectivity index (χ0) is 13.8. The summed E-state index contributed by atoms with van der Waals surface area (Å²) in [4.78, 5) is 0. The standard InChI is InChI=1S/C12H30N2OSi2.Al.H/c1-16(2,3)14-11-7-9-13-10-8-12-15-17(4,5)6;;/h7-12H2,1-6H3;;/q-2;+2;. The average molecular weight is 303 g/mol. The van der Waals surface area contributed by atoms with Gasteiger partial charge in [-0.15, -0.1) is 0 Å². The van der Waals surface area contributed by atoms with Gasteiger partial charge in [0.1, 0.15) is 0 Å². The highest BCUT2D eigenvalue weighted by atomic mass is 28.4. The molecular formula is C12H31AlN2OSi2. The SMILES string of the molecule is C[Si](C)(C)OCCC[N]1CCC[N]([Si](C)(C)C)[AlH]1. The molecule has 1 aliphatic rings. The highest BCUT2D eigenvalue weighted by Gasteiger charge is 2.29. The molecule has 0 aliphatic carbocycles. The maximum absolute atomic E-state index is 5.94. The topological polar surface area (TPSA) is 15.7 Å². The Balaban J connectivity index is 2.23. The van der Waals surface area contributed by atoms with E-state index >= 15 is 0 Å². The lowest BCUT2D eigenvalue weighted by Crippen LogP contribution is -2.58. The van der Waals surface area contributed by atoms with Crippen LogP contribution in [0.2, 0.25) is 39.3 Å². The molecule has 18 heavy (non-hydrogen) atoms. The van der Waals surface area contributed by atoms with Gasteiger partial charge in [0.15, 0.2) is 8.32 Å². The lowest BCUT2D eigenvalue weighted by atomic mass is 10.4. The summed E-state index contributed by atoms with van der Waals surface area (Å²) in [5.74, 6) is 0. The molecule has 1 aliphatic heterocycles. The Labute approximate surface area is 122 Å². The molecule has 6 heteroatoms. The fraction of sp³-hybridized carbons (Fsp3) is 1.00. The Morgan fingerprint density at radius 2 is 1.72 bits per heavy atom.